The lowest BCUT2D eigenvalue weighted by atomic mass is 10.0. The Morgan fingerprint density at radius 1 is 0.337 bits per heavy atom. The van der Waals surface area contributed by atoms with Gasteiger partial charge in [0.2, 0.25) is 0 Å². The smallest absolute Gasteiger partial charge is 0.462 e. The van der Waals surface area contributed by atoms with Crippen LogP contribution in [0.25, 0.3) is 0 Å². The van der Waals surface area contributed by atoms with Crippen LogP contribution in [0.15, 0.2) is 24.3 Å². The number of ether oxygens (including phenoxy) is 2. The third-order valence-corrected chi connectivity index (χ3v) is 20.0. The summed E-state index contributed by atoms with van der Waals surface area (Å²) in [6.45, 7) is 4.52. The van der Waals surface area contributed by atoms with Gasteiger partial charge < -0.3 is 18.9 Å². The van der Waals surface area contributed by atoms with Gasteiger partial charge in [-0.3, -0.25) is 18.6 Å². The van der Waals surface area contributed by atoms with Crippen LogP contribution in [0.1, 0.15) is 438 Å². The van der Waals surface area contributed by atoms with Crippen molar-refractivity contribution >= 4 is 19.8 Å². The molecule has 0 saturated heterocycles. The summed E-state index contributed by atoms with van der Waals surface area (Å²) in [5.41, 5.74) is 0. The lowest BCUT2D eigenvalue weighted by molar-refractivity contribution is -0.870. The Balaban J connectivity index is 3.85. The fraction of sp³-hybridized carbons (Fsp3) is 0.927. The molecule has 0 spiro atoms. The maximum Gasteiger partial charge on any atom is 0.472 e. The standard InChI is InChI=1S/C82H160NO8P/c1-6-8-10-12-14-16-18-20-22-24-26-28-30-32-34-35-36-37-38-39-40-41-42-43-44-45-46-47-49-51-53-55-57-59-61-63-65-67-69-71-73-75-82(85)91-80(79-90-92(86,87)89-77-76-83(3,4)5)78-88-81(84)74-72-70-68-66-64-62-60-58-56-54-52-50-48-33-31-29-27-25-23-21-19-17-15-13-11-9-7-2/h18,20,24,26,80H,6-17,19,21-23,25,27-79H2,1-5H3/p+1/b20-18-,26-24-. The van der Waals surface area contributed by atoms with Crippen LogP contribution in [0.2, 0.25) is 0 Å². The number of likely N-dealkylation sites (N-methyl/N-ethyl adjacent to an activating group) is 1. The summed E-state index contributed by atoms with van der Waals surface area (Å²) in [6, 6.07) is 0. The fourth-order valence-corrected chi connectivity index (χ4v) is 13.4. The van der Waals surface area contributed by atoms with E-state index >= 15 is 0 Å². The van der Waals surface area contributed by atoms with Gasteiger partial charge >= 0.3 is 19.8 Å². The predicted octanol–water partition coefficient (Wildman–Crippen LogP) is 27.2. The second kappa shape index (κ2) is 73.7. The molecule has 0 heterocycles. The van der Waals surface area contributed by atoms with Crippen LogP contribution in [0.4, 0.5) is 0 Å². The number of carbonyl (C=O) groups excluding carboxylic acids is 2. The molecule has 92 heavy (non-hydrogen) atoms. The minimum absolute atomic E-state index is 0.0367. The molecule has 546 valence electrons. The van der Waals surface area contributed by atoms with E-state index in [0.29, 0.717) is 17.4 Å². The molecule has 0 aromatic carbocycles. The summed E-state index contributed by atoms with van der Waals surface area (Å²) in [7, 11) is 1.51. The molecule has 1 N–H and O–H groups in total. The molecule has 0 radical (unpaired) electrons. The first kappa shape index (κ1) is 90.5. The number of unbranched alkanes of at least 4 members (excludes halogenated alkanes) is 60. The zero-order chi connectivity index (χ0) is 66.9. The minimum atomic E-state index is -4.39. The highest BCUT2D eigenvalue weighted by atomic mass is 31.2. The summed E-state index contributed by atoms with van der Waals surface area (Å²) < 4.78 is 34.8. The van der Waals surface area contributed by atoms with Gasteiger partial charge in [0.25, 0.3) is 0 Å². The van der Waals surface area contributed by atoms with Crippen molar-refractivity contribution in [3.8, 4) is 0 Å². The van der Waals surface area contributed by atoms with Crippen LogP contribution >= 0.6 is 7.82 Å². The SMILES string of the molecule is CCCCCCC/C=C\C/C=C\CCCCCCCCCCCCCCCCCCCCCCCCCCCCCCCC(=O)OC(COC(=O)CCCCCCCCCCCCCCCCCCCCCCCCCCCCC)COP(=O)(O)OCC[N+](C)(C)C. The molecule has 0 saturated carbocycles. The highest BCUT2D eigenvalue weighted by molar-refractivity contribution is 7.47. The van der Waals surface area contributed by atoms with Crippen molar-refractivity contribution in [1.29, 1.82) is 0 Å². The Morgan fingerprint density at radius 3 is 0.859 bits per heavy atom. The van der Waals surface area contributed by atoms with Crippen LogP contribution in [-0.4, -0.2) is 74.9 Å². The van der Waals surface area contributed by atoms with E-state index in [9.17, 15) is 19.0 Å². The van der Waals surface area contributed by atoms with Gasteiger partial charge in [-0.15, -0.1) is 0 Å². The van der Waals surface area contributed by atoms with Crippen LogP contribution in [-0.2, 0) is 32.7 Å². The molecule has 0 aromatic rings. The van der Waals surface area contributed by atoms with Crippen LogP contribution in [0, 0.1) is 0 Å². The molecule has 0 aliphatic rings. The molecule has 0 aliphatic heterocycles. The summed E-state index contributed by atoms with van der Waals surface area (Å²) >= 11 is 0. The Labute approximate surface area is 574 Å². The summed E-state index contributed by atoms with van der Waals surface area (Å²) in [5, 5.41) is 0. The normalized spacial score (nSPS) is 13.1. The molecule has 2 unspecified atom stereocenters. The van der Waals surface area contributed by atoms with E-state index in [4.69, 9.17) is 18.5 Å². The van der Waals surface area contributed by atoms with Crippen molar-refractivity contribution in [2.45, 2.75) is 444 Å². The fourth-order valence-electron chi connectivity index (χ4n) is 12.7. The van der Waals surface area contributed by atoms with Gasteiger partial charge in [0.05, 0.1) is 27.7 Å². The average molecular weight is 1320 g/mol. The number of rotatable bonds is 78. The van der Waals surface area contributed by atoms with Gasteiger partial charge in [0.15, 0.2) is 6.10 Å². The lowest BCUT2D eigenvalue weighted by Gasteiger charge is -2.24. The molecule has 0 rings (SSSR count). The Bertz CT molecular complexity index is 1600. The zero-order valence-corrected chi connectivity index (χ0v) is 63.5. The first-order chi connectivity index (χ1) is 45.0. The second-order valence-corrected chi connectivity index (χ2v) is 31.0. The Hall–Kier alpha value is -1.51. The van der Waals surface area contributed by atoms with Crippen molar-refractivity contribution in [2.24, 2.45) is 0 Å². The number of phosphoric acid groups is 1. The molecular formula is C82H161NO8P+. The van der Waals surface area contributed by atoms with E-state index in [2.05, 4.69) is 38.2 Å². The number of hydrogen-bond donors (Lipinski definition) is 1. The number of carbonyl (C=O) groups is 2. The van der Waals surface area contributed by atoms with Gasteiger partial charge in [-0.1, -0.05) is 404 Å². The molecule has 0 bridgehead atoms. The van der Waals surface area contributed by atoms with Gasteiger partial charge in [0, 0.05) is 12.8 Å². The van der Waals surface area contributed by atoms with Crippen molar-refractivity contribution < 1.29 is 42.1 Å². The number of allylic oxidation sites excluding steroid dienone is 4. The molecule has 2 atom stereocenters. The minimum Gasteiger partial charge on any atom is -0.462 e. The van der Waals surface area contributed by atoms with Crippen molar-refractivity contribution in [2.75, 3.05) is 47.5 Å². The zero-order valence-electron chi connectivity index (χ0n) is 62.6. The molecule has 0 aliphatic carbocycles. The van der Waals surface area contributed by atoms with E-state index in [-0.39, 0.29) is 25.6 Å². The molecule has 0 fully saturated rings. The number of phosphoric ester groups is 1. The average Bonchev–Trinajstić information content (AvgIpc) is 2.23. The Kier molecular flexibility index (Phi) is 72.5. The van der Waals surface area contributed by atoms with Gasteiger partial charge in [-0.2, -0.15) is 0 Å². The number of hydrogen-bond acceptors (Lipinski definition) is 7. The Morgan fingerprint density at radius 2 is 0.587 bits per heavy atom. The number of quaternary nitrogens is 1. The number of nitrogens with zero attached hydrogens (tertiary/aromatic N) is 1. The molecule has 0 amide bonds. The summed E-state index contributed by atoms with van der Waals surface area (Å²) in [5.74, 6) is -0.767. The lowest BCUT2D eigenvalue weighted by Crippen LogP contribution is -2.37. The third-order valence-electron chi connectivity index (χ3n) is 19.0. The predicted molar refractivity (Wildman–Crippen MR) is 400 cm³/mol. The van der Waals surface area contributed by atoms with Crippen LogP contribution < -0.4 is 0 Å². The summed E-state index contributed by atoms with van der Waals surface area (Å²) in [4.78, 5) is 36.0. The van der Waals surface area contributed by atoms with E-state index < -0.39 is 26.5 Å². The monoisotopic (exact) mass is 1320 g/mol. The van der Waals surface area contributed by atoms with Gasteiger partial charge in [-0.25, -0.2) is 4.57 Å². The number of esters is 2. The first-order valence-corrected chi connectivity index (χ1v) is 42.6. The second-order valence-electron chi connectivity index (χ2n) is 29.5. The first-order valence-electron chi connectivity index (χ1n) is 41.1. The molecule has 9 nitrogen and oxygen atoms in total. The topological polar surface area (TPSA) is 108 Å². The maximum atomic E-state index is 12.9. The molecule has 10 heteroatoms. The molecular weight excluding hydrogens is 1160 g/mol. The third kappa shape index (κ3) is 77.5. The van der Waals surface area contributed by atoms with E-state index in [1.807, 2.05) is 21.1 Å². The summed E-state index contributed by atoms with van der Waals surface area (Å²) in [6.07, 6.45) is 94.9. The van der Waals surface area contributed by atoms with Crippen molar-refractivity contribution in [3.05, 3.63) is 24.3 Å². The maximum absolute atomic E-state index is 12.9. The molecule has 0 aromatic heterocycles. The van der Waals surface area contributed by atoms with Crippen molar-refractivity contribution in [1.82, 2.24) is 0 Å². The van der Waals surface area contributed by atoms with Gasteiger partial charge in [0.1, 0.15) is 19.8 Å². The highest BCUT2D eigenvalue weighted by Gasteiger charge is 2.27. The van der Waals surface area contributed by atoms with Crippen LogP contribution in [0.5, 0.6) is 0 Å². The van der Waals surface area contributed by atoms with Gasteiger partial charge in [-0.05, 0) is 44.9 Å². The van der Waals surface area contributed by atoms with E-state index in [1.165, 1.54) is 366 Å². The van der Waals surface area contributed by atoms with E-state index in [0.717, 1.165) is 44.9 Å². The van der Waals surface area contributed by atoms with Crippen molar-refractivity contribution in [3.63, 3.8) is 0 Å². The highest BCUT2D eigenvalue weighted by Crippen LogP contribution is 2.43. The van der Waals surface area contributed by atoms with E-state index in [1.54, 1.807) is 0 Å². The quantitative estimate of drug-likeness (QED) is 0.0211. The van der Waals surface area contributed by atoms with Crippen LogP contribution in [0.3, 0.4) is 0 Å². The largest absolute Gasteiger partial charge is 0.472 e.